The fourth-order valence-corrected chi connectivity index (χ4v) is 2.51. The Bertz CT molecular complexity index is 427. The summed E-state index contributed by atoms with van der Waals surface area (Å²) in [7, 11) is 0. The summed E-state index contributed by atoms with van der Waals surface area (Å²) in [6.07, 6.45) is -3.92. The van der Waals surface area contributed by atoms with Crippen LogP contribution >= 0.6 is 11.3 Å². The normalized spacial score (nSPS) is 16.1. The molecule has 0 saturated heterocycles. The van der Waals surface area contributed by atoms with Crippen molar-refractivity contribution in [3.63, 3.8) is 0 Å². The SMILES string of the molecule is CC(=O)N1CCc2sc(C(F)(F)F)nc2C1. The van der Waals surface area contributed by atoms with Crippen LogP contribution in [0.2, 0.25) is 0 Å². The number of halogens is 3. The summed E-state index contributed by atoms with van der Waals surface area (Å²) in [4.78, 5) is 16.8. The van der Waals surface area contributed by atoms with Gasteiger partial charge in [-0.25, -0.2) is 4.98 Å². The van der Waals surface area contributed by atoms with Gasteiger partial charge in [-0.2, -0.15) is 13.2 Å². The third kappa shape index (κ3) is 2.04. The monoisotopic (exact) mass is 250 g/mol. The molecule has 0 saturated carbocycles. The Labute approximate surface area is 93.9 Å². The van der Waals surface area contributed by atoms with Crippen LogP contribution in [-0.2, 0) is 23.9 Å². The summed E-state index contributed by atoms with van der Waals surface area (Å²) in [6.45, 7) is 2.07. The van der Waals surface area contributed by atoms with Gasteiger partial charge in [0.15, 0.2) is 5.01 Å². The molecule has 0 fully saturated rings. The van der Waals surface area contributed by atoms with Crippen molar-refractivity contribution in [3.8, 4) is 0 Å². The van der Waals surface area contributed by atoms with E-state index in [2.05, 4.69) is 4.98 Å². The molecule has 0 aliphatic carbocycles. The standard InChI is InChI=1S/C9H9F3N2OS/c1-5(15)14-3-2-7-6(4-14)13-8(16-7)9(10,11)12/h2-4H2,1H3. The predicted octanol–water partition coefficient (Wildman–Crippen LogP) is 2.07. The lowest BCUT2D eigenvalue weighted by Crippen LogP contribution is -2.33. The summed E-state index contributed by atoms with van der Waals surface area (Å²) in [5, 5.41) is -0.817. The van der Waals surface area contributed by atoms with Crippen LogP contribution in [0.3, 0.4) is 0 Å². The summed E-state index contributed by atoms with van der Waals surface area (Å²) in [5.41, 5.74) is 0.388. The van der Waals surface area contributed by atoms with Crippen molar-refractivity contribution < 1.29 is 18.0 Å². The van der Waals surface area contributed by atoms with Gasteiger partial charge in [0.05, 0.1) is 12.2 Å². The molecule has 3 nitrogen and oxygen atoms in total. The van der Waals surface area contributed by atoms with Crippen LogP contribution in [-0.4, -0.2) is 22.3 Å². The first-order chi connectivity index (χ1) is 7.38. The molecule has 7 heteroatoms. The van der Waals surface area contributed by atoms with E-state index in [0.717, 1.165) is 0 Å². The second-order valence-corrected chi connectivity index (χ2v) is 4.66. The minimum absolute atomic E-state index is 0.132. The first-order valence-electron chi connectivity index (χ1n) is 4.69. The minimum atomic E-state index is -4.39. The minimum Gasteiger partial charge on any atom is -0.337 e. The van der Waals surface area contributed by atoms with E-state index in [1.165, 1.54) is 11.8 Å². The Kier molecular flexibility index (Phi) is 2.65. The van der Waals surface area contributed by atoms with E-state index in [1.54, 1.807) is 0 Å². The van der Waals surface area contributed by atoms with E-state index in [-0.39, 0.29) is 12.5 Å². The maximum atomic E-state index is 12.4. The Hall–Kier alpha value is -1.11. The van der Waals surface area contributed by atoms with E-state index in [1.807, 2.05) is 0 Å². The molecular weight excluding hydrogens is 241 g/mol. The number of thiazole rings is 1. The van der Waals surface area contributed by atoms with Gasteiger partial charge in [0.25, 0.3) is 0 Å². The van der Waals surface area contributed by atoms with E-state index in [0.29, 0.717) is 34.9 Å². The van der Waals surface area contributed by atoms with Crippen LogP contribution in [0.1, 0.15) is 22.5 Å². The van der Waals surface area contributed by atoms with E-state index >= 15 is 0 Å². The topological polar surface area (TPSA) is 33.2 Å². The second kappa shape index (κ2) is 3.73. The van der Waals surface area contributed by atoms with Gasteiger partial charge < -0.3 is 4.90 Å². The van der Waals surface area contributed by atoms with Gasteiger partial charge in [-0.15, -0.1) is 11.3 Å². The average molecular weight is 250 g/mol. The molecule has 1 amide bonds. The van der Waals surface area contributed by atoms with Crippen LogP contribution in [0.4, 0.5) is 13.2 Å². The summed E-state index contributed by atoms with van der Waals surface area (Å²) in [6, 6.07) is 0. The summed E-state index contributed by atoms with van der Waals surface area (Å²) < 4.78 is 37.2. The number of rotatable bonds is 0. The van der Waals surface area contributed by atoms with Crippen molar-refractivity contribution in [1.82, 2.24) is 9.88 Å². The number of alkyl halides is 3. The predicted molar refractivity (Wildman–Crippen MR) is 51.9 cm³/mol. The molecule has 1 aliphatic rings. The molecule has 1 aliphatic heterocycles. The quantitative estimate of drug-likeness (QED) is 0.706. The Balaban J connectivity index is 2.27. The highest BCUT2D eigenvalue weighted by Gasteiger charge is 2.37. The molecule has 1 aromatic rings. The summed E-state index contributed by atoms with van der Waals surface area (Å²) in [5.74, 6) is -0.132. The Morgan fingerprint density at radius 3 is 2.75 bits per heavy atom. The molecule has 2 rings (SSSR count). The van der Waals surface area contributed by atoms with Crippen molar-refractivity contribution in [2.75, 3.05) is 6.54 Å². The van der Waals surface area contributed by atoms with Crippen molar-refractivity contribution in [1.29, 1.82) is 0 Å². The molecular formula is C9H9F3N2OS. The molecule has 0 atom stereocenters. The molecule has 0 N–H and O–H groups in total. The number of carbonyl (C=O) groups excluding carboxylic acids is 1. The third-order valence-corrected chi connectivity index (χ3v) is 3.62. The number of carbonyl (C=O) groups is 1. The van der Waals surface area contributed by atoms with Gasteiger partial charge in [-0.1, -0.05) is 0 Å². The molecule has 88 valence electrons. The van der Waals surface area contributed by atoms with Crippen LogP contribution < -0.4 is 0 Å². The molecule has 0 spiro atoms. The molecule has 0 unspecified atom stereocenters. The van der Waals surface area contributed by atoms with Crippen LogP contribution in [0.25, 0.3) is 0 Å². The van der Waals surface area contributed by atoms with Crippen molar-refractivity contribution >= 4 is 17.2 Å². The fourth-order valence-electron chi connectivity index (χ4n) is 1.59. The molecule has 0 radical (unpaired) electrons. The number of aromatic nitrogens is 1. The number of fused-ring (bicyclic) bond motifs is 1. The zero-order valence-corrected chi connectivity index (χ0v) is 9.28. The fraction of sp³-hybridized carbons (Fsp3) is 0.556. The number of nitrogens with zero attached hydrogens (tertiary/aromatic N) is 2. The number of amides is 1. The summed E-state index contributed by atoms with van der Waals surface area (Å²) >= 11 is 0.682. The highest BCUT2D eigenvalue weighted by atomic mass is 32.1. The van der Waals surface area contributed by atoms with Gasteiger partial charge in [0, 0.05) is 24.8 Å². The molecule has 16 heavy (non-hydrogen) atoms. The van der Waals surface area contributed by atoms with Gasteiger partial charge in [-0.3, -0.25) is 4.79 Å². The van der Waals surface area contributed by atoms with E-state index in [4.69, 9.17) is 0 Å². The van der Waals surface area contributed by atoms with Gasteiger partial charge in [0.2, 0.25) is 5.91 Å². The second-order valence-electron chi connectivity index (χ2n) is 3.58. The van der Waals surface area contributed by atoms with Crippen molar-refractivity contribution in [2.45, 2.75) is 26.1 Å². The van der Waals surface area contributed by atoms with Crippen molar-refractivity contribution in [2.24, 2.45) is 0 Å². The first-order valence-corrected chi connectivity index (χ1v) is 5.51. The lowest BCUT2D eigenvalue weighted by Gasteiger charge is -2.24. The third-order valence-electron chi connectivity index (χ3n) is 2.42. The number of hydrogen-bond acceptors (Lipinski definition) is 3. The Morgan fingerprint density at radius 2 is 2.19 bits per heavy atom. The first kappa shape index (κ1) is 11.4. The maximum Gasteiger partial charge on any atom is 0.443 e. The molecule has 0 aromatic carbocycles. The van der Waals surface area contributed by atoms with E-state index in [9.17, 15) is 18.0 Å². The molecule has 0 bridgehead atoms. The number of hydrogen-bond donors (Lipinski definition) is 0. The molecule has 1 aromatic heterocycles. The van der Waals surface area contributed by atoms with Gasteiger partial charge >= 0.3 is 6.18 Å². The lowest BCUT2D eigenvalue weighted by atomic mass is 10.2. The van der Waals surface area contributed by atoms with Gasteiger partial charge in [-0.05, 0) is 0 Å². The molecule has 2 heterocycles. The lowest BCUT2D eigenvalue weighted by molar-refractivity contribution is -0.137. The van der Waals surface area contributed by atoms with Crippen LogP contribution in [0.5, 0.6) is 0 Å². The smallest absolute Gasteiger partial charge is 0.337 e. The van der Waals surface area contributed by atoms with Crippen molar-refractivity contribution in [3.05, 3.63) is 15.6 Å². The van der Waals surface area contributed by atoms with Crippen LogP contribution in [0.15, 0.2) is 0 Å². The Morgan fingerprint density at radius 1 is 1.50 bits per heavy atom. The van der Waals surface area contributed by atoms with Gasteiger partial charge in [0.1, 0.15) is 0 Å². The van der Waals surface area contributed by atoms with E-state index < -0.39 is 11.2 Å². The highest BCUT2D eigenvalue weighted by Crippen LogP contribution is 2.35. The van der Waals surface area contributed by atoms with Crippen LogP contribution in [0, 0.1) is 0 Å². The zero-order valence-electron chi connectivity index (χ0n) is 8.47. The zero-order chi connectivity index (χ0) is 11.9. The largest absolute Gasteiger partial charge is 0.443 e. The maximum absolute atomic E-state index is 12.4. The highest BCUT2D eigenvalue weighted by molar-refractivity contribution is 7.11. The average Bonchev–Trinajstić information content (AvgIpc) is 2.58.